The first-order valence-corrected chi connectivity index (χ1v) is 6.16. The smallest absolute Gasteiger partial charge is 0.326 e. The van der Waals surface area contributed by atoms with Gasteiger partial charge in [0.2, 0.25) is 0 Å². The Bertz CT molecular complexity index is 312. The van der Waals surface area contributed by atoms with Crippen molar-refractivity contribution in [1.29, 1.82) is 0 Å². The van der Waals surface area contributed by atoms with E-state index in [9.17, 15) is 9.59 Å². The lowest BCUT2D eigenvalue weighted by Gasteiger charge is -2.13. The van der Waals surface area contributed by atoms with E-state index in [1.807, 2.05) is 0 Å². The van der Waals surface area contributed by atoms with Gasteiger partial charge < -0.3 is 15.7 Å². The molecule has 0 heterocycles. The molecule has 0 saturated heterocycles. The molecule has 2 amide bonds. The second-order valence-corrected chi connectivity index (χ2v) is 4.18. The molecule has 1 atom stereocenters. The van der Waals surface area contributed by atoms with Crippen LogP contribution in [-0.2, 0) is 4.79 Å². The molecule has 6 heteroatoms. The second-order valence-electron chi connectivity index (χ2n) is 3.07. The molecule has 0 aromatic carbocycles. The van der Waals surface area contributed by atoms with Crippen molar-refractivity contribution in [2.45, 2.75) is 12.5 Å². The number of hydrogen-bond acceptors (Lipinski definition) is 3. The van der Waals surface area contributed by atoms with Gasteiger partial charge in [0.05, 0.1) is 5.75 Å². The molecule has 0 aromatic rings. The number of thioether (sulfide) groups is 1. The molecule has 0 aliphatic carbocycles. The minimum Gasteiger partial charge on any atom is -0.480 e. The van der Waals surface area contributed by atoms with Crippen molar-refractivity contribution in [1.82, 2.24) is 10.6 Å². The molecule has 0 rings (SSSR count). The van der Waals surface area contributed by atoms with Gasteiger partial charge in [0.25, 0.3) is 0 Å². The second kappa shape index (κ2) is 9.60. The van der Waals surface area contributed by atoms with Gasteiger partial charge in [0.1, 0.15) is 6.04 Å². The van der Waals surface area contributed by atoms with Crippen LogP contribution in [-0.4, -0.2) is 41.2 Å². The molecular formula is C11H16N2O3S. The standard InChI is InChI=1S/C11H16N2O3S/c1-3-5-9(10(14)15)13-11(16)12-6-8-17-7-4-2/h2-3,9H,1,5-8H2,(H,14,15)(H2,12,13,16). The predicted molar refractivity (Wildman–Crippen MR) is 68.9 cm³/mol. The zero-order chi connectivity index (χ0) is 13.1. The summed E-state index contributed by atoms with van der Waals surface area (Å²) in [7, 11) is 0. The number of hydrogen-bond donors (Lipinski definition) is 3. The number of terminal acetylenes is 1. The topological polar surface area (TPSA) is 78.4 Å². The van der Waals surface area contributed by atoms with Crippen LogP contribution in [0.1, 0.15) is 6.42 Å². The number of aliphatic carboxylic acids is 1. The zero-order valence-corrected chi connectivity index (χ0v) is 10.3. The van der Waals surface area contributed by atoms with Crippen LogP contribution in [0, 0.1) is 12.3 Å². The van der Waals surface area contributed by atoms with Crippen molar-refractivity contribution in [2.75, 3.05) is 18.1 Å². The van der Waals surface area contributed by atoms with Crippen molar-refractivity contribution in [3.8, 4) is 12.3 Å². The zero-order valence-electron chi connectivity index (χ0n) is 9.44. The van der Waals surface area contributed by atoms with Crippen LogP contribution >= 0.6 is 11.8 Å². The third kappa shape index (κ3) is 8.22. The number of amides is 2. The average Bonchev–Trinajstić information content (AvgIpc) is 2.28. The summed E-state index contributed by atoms with van der Waals surface area (Å²) in [6.45, 7) is 3.87. The van der Waals surface area contributed by atoms with E-state index in [0.717, 1.165) is 0 Å². The van der Waals surface area contributed by atoms with Gasteiger partial charge in [-0.1, -0.05) is 12.0 Å². The molecule has 5 nitrogen and oxygen atoms in total. The highest BCUT2D eigenvalue weighted by molar-refractivity contribution is 7.99. The van der Waals surface area contributed by atoms with E-state index < -0.39 is 18.0 Å². The lowest BCUT2D eigenvalue weighted by atomic mass is 10.2. The third-order valence-corrected chi connectivity index (χ3v) is 2.59. The highest BCUT2D eigenvalue weighted by atomic mass is 32.2. The largest absolute Gasteiger partial charge is 0.480 e. The summed E-state index contributed by atoms with van der Waals surface area (Å²) < 4.78 is 0. The van der Waals surface area contributed by atoms with Gasteiger partial charge in [0.15, 0.2) is 0 Å². The molecule has 0 aliphatic heterocycles. The monoisotopic (exact) mass is 256 g/mol. The number of rotatable bonds is 8. The maximum atomic E-state index is 11.3. The van der Waals surface area contributed by atoms with E-state index in [0.29, 0.717) is 18.1 Å². The van der Waals surface area contributed by atoms with Crippen molar-refractivity contribution in [3.63, 3.8) is 0 Å². The van der Waals surface area contributed by atoms with Crippen LogP contribution < -0.4 is 10.6 Å². The number of carbonyl (C=O) groups is 2. The molecule has 0 radical (unpaired) electrons. The van der Waals surface area contributed by atoms with E-state index in [-0.39, 0.29) is 6.42 Å². The summed E-state index contributed by atoms with van der Waals surface area (Å²) >= 11 is 1.52. The molecule has 94 valence electrons. The first-order valence-electron chi connectivity index (χ1n) is 5.01. The van der Waals surface area contributed by atoms with Gasteiger partial charge >= 0.3 is 12.0 Å². The average molecular weight is 256 g/mol. The van der Waals surface area contributed by atoms with Gasteiger partial charge in [-0.2, -0.15) is 0 Å². The van der Waals surface area contributed by atoms with Crippen LogP contribution in [0.15, 0.2) is 12.7 Å². The third-order valence-electron chi connectivity index (χ3n) is 1.72. The fourth-order valence-corrected chi connectivity index (χ4v) is 1.47. The number of carboxylic acid groups (broad SMARTS) is 1. The first-order chi connectivity index (χ1) is 8.11. The molecule has 1 unspecified atom stereocenters. The van der Waals surface area contributed by atoms with E-state index in [4.69, 9.17) is 11.5 Å². The van der Waals surface area contributed by atoms with E-state index in [2.05, 4.69) is 23.1 Å². The quantitative estimate of drug-likeness (QED) is 0.339. The molecular weight excluding hydrogens is 240 g/mol. The molecule has 3 N–H and O–H groups in total. The molecule has 17 heavy (non-hydrogen) atoms. The SMILES string of the molecule is C#CCSCCNC(=O)NC(CC=C)C(=O)O. The normalized spacial score (nSPS) is 11.0. The van der Waals surface area contributed by atoms with Crippen molar-refractivity contribution in [2.24, 2.45) is 0 Å². The summed E-state index contributed by atoms with van der Waals surface area (Å²) in [6, 6.07) is -1.44. The minimum absolute atomic E-state index is 0.189. The molecule has 0 aromatic heterocycles. The van der Waals surface area contributed by atoms with Gasteiger partial charge in [-0.25, -0.2) is 9.59 Å². The number of nitrogens with one attached hydrogen (secondary N) is 2. The van der Waals surface area contributed by atoms with Gasteiger partial charge in [0, 0.05) is 12.3 Å². The van der Waals surface area contributed by atoms with E-state index in [1.165, 1.54) is 17.8 Å². The summed E-state index contributed by atoms with van der Waals surface area (Å²) in [4.78, 5) is 22.0. The Balaban J connectivity index is 3.79. The summed E-state index contributed by atoms with van der Waals surface area (Å²) in [5, 5.41) is 13.7. The molecule has 0 bridgehead atoms. The molecule has 0 saturated carbocycles. The Morgan fingerprint density at radius 1 is 1.59 bits per heavy atom. The number of carboxylic acids is 1. The maximum absolute atomic E-state index is 11.3. The van der Waals surface area contributed by atoms with Crippen LogP contribution in [0.5, 0.6) is 0 Å². The van der Waals surface area contributed by atoms with Crippen LogP contribution in [0.4, 0.5) is 4.79 Å². The van der Waals surface area contributed by atoms with Crippen molar-refractivity contribution >= 4 is 23.8 Å². The fraction of sp³-hybridized carbons (Fsp3) is 0.455. The Kier molecular flexibility index (Phi) is 8.69. The number of urea groups is 1. The maximum Gasteiger partial charge on any atom is 0.326 e. The lowest BCUT2D eigenvalue weighted by Crippen LogP contribution is -2.46. The molecule has 0 fully saturated rings. The summed E-state index contributed by atoms with van der Waals surface area (Å²) in [5.74, 6) is 2.67. The molecule has 0 spiro atoms. The predicted octanol–water partition coefficient (Wildman–Crippen LogP) is 0.681. The van der Waals surface area contributed by atoms with Gasteiger partial charge in [-0.3, -0.25) is 0 Å². The highest BCUT2D eigenvalue weighted by Gasteiger charge is 2.17. The first kappa shape index (κ1) is 15.4. The van der Waals surface area contributed by atoms with Crippen LogP contribution in [0.2, 0.25) is 0 Å². The van der Waals surface area contributed by atoms with Crippen LogP contribution in [0.3, 0.4) is 0 Å². The Morgan fingerprint density at radius 2 is 2.29 bits per heavy atom. The van der Waals surface area contributed by atoms with Crippen molar-refractivity contribution in [3.05, 3.63) is 12.7 Å². The van der Waals surface area contributed by atoms with E-state index >= 15 is 0 Å². The van der Waals surface area contributed by atoms with Crippen molar-refractivity contribution < 1.29 is 14.7 Å². The number of carbonyl (C=O) groups excluding carboxylic acids is 1. The Labute approximate surface area is 105 Å². The lowest BCUT2D eigenvalue weighted by molar-refractivity contribution is -0.139. The van der Waals surface area contributed by atoms with Crippen LogP contribution in [0.25, 0.3) is 0 Å². The Hall–Kier alpha value is -1.61. The summed E-state index contributed by atoms with van der Waals surface area (Å²) in [6.07, 6.45) is 6.69. The Morgan fingerprint density at radius 3 is 2.82 bits per heavy atom. The van der Waals surface area contributed by atoms with E-state index in [1.54, 1.807) is 0 Å². The highest BCUT2D eigenvalue weighted by Crippen LogP contribution is 1.96. The van der Waals surface area contributed by atoms with Gasteiger partial charge in [-0.15, -0.1) is 24.8 Å². The fourth-order valence-electron chi connectivity index (χ4n) is 0.965. The minimum atomic E-state index is -1.08. The molecule has 0 aliphatic rings. The summed E-state index contributed by atoms with van der Waals surface area (Å²) in [5.41, 5.74) is 0. The van der Waals surface area contributed by atoms with Gasteiger partial charge in [-0.05, 0) is 6.42 Å².